The minimum atomic E-state index is -0.901. The Hall–Kier alpha value is -2.94. The minimum absolute atomic E-state index is 0.0716. The standard InChI is InChI=1S/C19H22N4O4S/c1-13(27-18(26)16-12-28-19(21-16)20-14(2)24)17(25)23-10-8-22(9-11-23)15-6-4-3-5-7-15/h3-7,12-13H,8-11H2,1-2H3,(H,20,21,24). The number of rotatable bonds is 5. The van der Waals surface area contributed by atoms with Gasteiger partial charge in [0, 0.05) is 44.2 Å². The molecule has 28 heavy (non-hydrogen) atoms. The van der Waals surface area contributed by atoms with Crippen LogP contribution in [-0.4, -0.2) is 60.0 Å². The molecule has 0 spiro atoms. The molecule has 1 fully saturated rings. The highest BCUT2D eigenvalue weighted by Crippen LogP contribution is 2.18. The highest BCUT2D eigenvalue weighted by Gasteiger charge is 2.28. The van der Waals surface area contributed by atoms with Crippen molar-refractivity contribution < 1.29 is 19.1 Å². The molecule has 1 aromatic carbocycles. The summed E-state index contributed by atoms with van der Waals surface area (Å²) in [5.41, 5.74) is 1.20. The molecule has 9 heteroatoms. The van der Waals surface area contributed by atoms with E-state index in [1.165, 1.54) is 12.3 Å². The maximum atomic E-state index is 12.6. The number of nitrogens with zero attached hydrogens (tertiary/aromatic N) is 3. The Morgan fingerprint density at radius 3 is 2.46 bits per heavy atom. The summed E-state index contributed by atoms with van der Waals surface area (Å²) in [5.74, 6) is -1.18. The first-order valence-corrected chi connectivity index (χ1v) is 9.85. The van der Waals surface area contributed by atoms with E-state index in [0.717, 1.165) is 30.1 Å². The molecule has 1 atom stereocenters. The molecule has 3 rings (SSSR count). The van der Waals surface area contributed by atoms with Crippen LogP contribution < -0.4 is 10.2 Å². The van der Waals surface area contributed by atoms with Gasteiger partial charge in [0.1, 0.15) is 0 Å². The lowest BCUT2D eigenvalue weighted by molar-refractivity contribution is -0.140. The number of hydrogen-bond acceptors (Lipinski definition) is 7. The van der Waals surface area contributed by atoms with Gasteiger partial charge in [-0.2, -0.15) is 0 Å². The SMILES string of the molecule is CC(=O)Nc1nc(C(=O)OC(C)C(=O)N2CCN(c3ccccc3)CC2)cs1. The molecule has 0 bridgehead atoms. The Bertz CT molecular complexity index is 847. The number of carbonyl (C=O) groups excluding carboxylic acids is 3. The summed E-state index contributed by atoms with van der Waals surface area (Å²) in [5, 5.41) is 4.31. The number of esters is 1. The number of thiazole rings is 1. The van der Waals surface area contributed by atoms with Crippen LogP contribution in [-0.2, 0) is 14.3 Å². The average molecular weight is 402 g/mol. The van der Waals surface area contributed by atoms with Gasteiger partial charge in [-0.05, 0) is 19.1 Å². The summed E-state index contributed by atoms with van der Waals surface area (Å²) in [4.78, 5) is 43.8. The van der Waals surface area contributed by atoms with E-state index in [9.17, 15) is 14.4 Å². The number of nitrogens with one attached hydrogen (secondary N) is 1. The molecule has 1 saturated heterocycles. The van der Waals surface area contributed by atoms with Gasteiger partial charge in [0.2, 0.25) is 5.91 Å². The van der Waals surface area contributed by atoms with Crippen LogP contribution in [0.4, 0.5) is 10.8 Å². The summed E-state index contributed by atoms with van der Waals surface area (Å²) >= 11 is 1.12. The molecule has 2 amide bonds. The number of para-hydroxylation sites is 1. The van der Waals surface area contributed by atoms with E-state index in [1.54, 1.807) is 11.8 Å². The molecule has 2 heterocycles. The predicted octanol–water partition coefficient (Wildman–Crippen LogP) is 2.00. The molecule has 8 nitrogen and oxygen atoms in total. The third-order valence-corrected chi connectivity index (χ3v) is 5.10. The highest BCUT2D eigenvalue weighted by atomic mass is 32.1. The smallest absolute Gasteiger partial charge is 0.358 e. The lowest BCUT2D eigenvalue weighted by Gasteiger charge is -2.37. The summed E-state index contributed by atoms with van der Waals surface area (Å²) in [6, 6.07) is 10.0. The fourth-order valence-electron chi connectivity index (χ4n) is 2.93. The topological polar surface area (TPSA) is 91.8 Å². The molecule has 1 N–H and O–H groups in total. The van der Waals surface area contributed by atoms with Crippen LogP contribution in [0.3, 0.4) is 0 Å². The van der Waals surface area contributed by atoms with E-state index in [0.29, 0.717) is 18.2 Å². The number of ether oxygens (including phenoxy) is 1. The number of hydrogen-bond donors (Lipinski definition) is 1. The number of benzene rings is 1. The van der Waals surface area contributed by atoms with Gasteiger partial charge < -0.3 is 19.9 Å². The third-order valence-electron chi connectivity index (χ3n) is 4.34. The number of piperazine rings is 1. The lowest BCUT2D eigenvalue weighted by Crippen LogP contribution is -2.51. The first-order chi connectivity index (χ1) is 13.4. The zero-order valence-corrected chi connectivity index (χ0v) is 16.6. The molecule has 1 aliphatic heterocycles. The second-order valence-corrected chi connectivity index (χ2v) is 7.27. The van der Waals surface area contributed by atoms with Crippen molar-refractivity contribution in [2.24, 2.45) is 0 Å². The summed E-state index contributed by atoms with van der Waals surface area (Å²) in [6.07, 6.45) is -0.901. The van der Waals surface area contributed by atoms with E-state index in [2.05, 4.69) is 15.2 Å². The van der Waals surface area contributed by atoms with E-state index in [1.807, 2.05) is 30.3 Å². The zero-order valence-electron chi connectivity index (χ0n) is 15.8. The van der Waals surface area contributed by atoms with Crippen molar-refractivity contribution >= 4 is 39.9 Å². The fourth-order valence-corrected chi connectivity index (χ4v) is 3.65. The van der Waals surface area contributed by atoms with Crippen LogP contribution in [0, 0.1) is 0 Å². The second-order valence-electron chi connectivity index (χ2n) is 6.41. The Balaban J connectivity index is 1.51. The van der Waals surface area contributed by atoms with Crippen molar-refractivity contribution in [2.45, 2.75) is 20.0 Å². The molecular formula is C19H22N4O4S. The maximum Gasteiger partial charge on any atom is 0.358 e. The molecule has 1 aliphatic rings. The normalized spacial score (nSPS) is 15.1. The largest absolute Gasteiger partial charge is 0.448 e. The van der Waals surface area contributed by atoms with Crippen molar-refractivity contribution in [1.29, 1.82) is 0 Å². The van der Waals surface area contributed by atoms with Crippen molar-refractivity contribution in [1.82, 2.24) is 9.88 Å². The van der Waals surface area contributed by atoms with Gasteiger partial charge in [0.25, 0.3) is 5.91 Å². The average Bonchev–Trinajstić information content (AvgIpc) is 3.16. The number of aromatic nitrogens is 1. The van der Waals surface area contributed by atoms with Gasteiger partial charge in [-0.15, -0.1) is 11.3 Å². The van der Waals surface area contributed by atoms with E-state index < -0.39 is 12.1 Å². The molecule has 0 aliphatic carbocycles. The molecular weight excluding hydrogens is 380 g/mol. The predicted molar refractivity (Wildman–Crippen MR) is 107 cm³/mol. The van der Waals surface area contributed by atoms with Crippen molar-refractivity contribution in [3.05, 3.63) is 41.4 Å². The van der Waals surface area contributed by atoms with E-state index >= 15 is 0 Å². The summed E-state index contributed by atoms with van der Waals surface area (Å²) in [7, 11) is 0. The van der Waals surface area contributed by atoms with Crippen LogP contribution in [0.25, 0.3) is 0 Å². The molecule has 2 aromatic rings. The van der Waals surface area contributed by atoms with Crippen LogP contribution in [0.2, 0.25) is 0 Å². The molecule has 0 saturated carbocycles. The quantitative estimate of drug-likeness (QED) is 0.769. The van der Waals surface area contributed by atoms with E-state index in [-0.39, 0.29) is 17.5 Å². The second kappa shape index (κ2) is 8.83. The van der Waals surface area contributed by atoms with Crippen molar-refractivity contribution in [3.8, 4) is 0 Å². The Labute approximate surface area is 167 Å². The first-order valence-electron chi connectivity index (χ1n) is 8.97. The van der Waals surface area contributed by atoms with Crippen LogP contribution in [0.1, 0.15) is 24.3 Å². The minimum Gasteiger partial charge on any atom is -0.448 e. The zero-order chi connectivity index (χ0) is 20.1. The number of anilines is 2. The van der Waals surface area contributed by atoms with Crippen molar-refractivity contribution in [2.75, 3.05) is 36.4 Å². The van der Waals surface area contributed by atoms with Crippen molar-refractivity contribution in [3.63, 3.8) is 0 Å². The van der Waals surface area contributed by atoms with E-state index in [4.69, 9.17) is 4.74 Å². The van der Waals surface area contributed by atoms with Gasteiger partial charge in [-0.1, -0.05) is 18.2 Å². The Morgan fingerprint density at radius 2 is 1.82 bits per heavy atom. The van der Waals surface area contributed by atoms with Gasteiger partial charge in [-0.3, -0.25) is 9.59 Å². The van der Waals surface area contributed by atoms with Gasteiger partial charge >= 0.3 is 5.97 Å². The summed E-state index contributed by atoms with van der Waals surface area (Å²) in [6.45, 7) is 5.51. The van der Waals surface area contributed by atoms with Gasteiger partial charge in [-0.25, -0.2) is 9.78 Å². The Kier molecular flexibility index (Phi) is 6.25. The van der Waals surface area contributed by atoms with Crippen LogP contribution in [0.5, 0.6) is 0 Å². The highest BCUT2D eigenvalue weighted by molar-refractivity contribution is 7.14. The summed E-state index contributed by atoms with van der Waals surface area (Å²) < 4.78 is 5.27. The molecule has 1 unspecified atom stereocenters. The Morgan fingerprint density at radius 1 is 1.14 bits per heavy atom. The molecule has 1 aromatic heterocycles. The third kappa shape index (κ3) is 4.86. The number of amides is 2. The van der Waals surface area contributed by atoms with Gasteiger partial charge in [0.05, 0.1) is 0 Å². The van der Waals surface area contributed by atoms with Gasteiger partial charge in [0.15, 0.2) is 16.9 Å². The maximum absolute atomic E-state index is 12.6. The number of carbonyl (C=O) groups is 3. The van der Waals surface area contributed by atoms with Crippen LogP contribution in [0.15, 0.2) is 35.7 Å². The lowest BCUT2D eigenvalue weighted by atomic mass is 10.2. The molecule has 0 radical (unpaired) electrons. The van der Waals surface area contributed by atoms with Crippen LogP contribution >= 0.6 is 11.3 Å². The first kappa shape index (κ1) is 19.8. The fraction of sp³-hybridized carbons (Fsp3) is 0.368. The molecule has 148 valence electrons. The monoisotopic (exact) mass is 402 g/mol.